The van der Waals surface area contributed by atoms with Gasteiger partial charge in [-0.15, -0.1) is 0 Å². The molecule has 0 aliphatic rings. The maximum absolute atomic E-state index is 5.45. The van der Waals surface area contributed by atoms with E-state index >= 15 is 0 Å². The summed E-state index contributed by atoms with van der Waals surface area (Å²) in [4.78, 5) is 0. The van der Waals surface area contributed by atoms with E-state index in [2.05, 4.69) is 39.0 Å². The van der Waals surface area contributed by atoms with Crippen molar-refractivity contribution in [2.45, 2.75) is 72.3 Å². The smallest absolute Gasteiger partial charge is 0.122 e. The van der Waals surface area contributed by atoms with E-state index in [4.69, 9.17) is 9.47 Å². The second-order valence-electron chi connectivity index (χ2n) is 5.67. The van der Waals surface area contributed by atoms with Crippen molar-refractivity contribution in [2.75, 3.05) is 14.2 Å². The molecule has 0 fully saturated rings. The molecule has 0 aromatic heterocycles. The lowest BCUT2D eigenvalue weighted by molar-refractivity contribution is 0.0135. The van der Waals surface area contributed by atoms with Crippen molar-refractivity contribution in [2.24, 2.45) is 0 Å². The number of aryl methyl sites for hydroxylation is 2. The first-order valence-corrected chi connectivity index (χ1v) is 8.23. The molecule has 0 unspecified atom stereocenters. The fraction of sp³-hybridized carbons (Fsp3) is 0.684. The van der Waals surface area contributed by atoms with Crippen molar-refractivity contribution < 1.29 is 9.47 Å². The number of hydrogen-bond donors (Lipinski definition) is 0. The summed E-state index contributed by atoms with van der Waals surface area (Å²) in [7, 11) is 3.53. The van der Waals surface area contributed by atoms with Gasteiger partial charge in [0.1, 0.15) is 5.75 Å². The van der Waals surface area contributed by atoms with Crippen molar-refractivity contribution in [3.05, 3.63) is 29.3 Å². The van der Waals surface area contributed by atoms with Gasteiger partial charge in [-0.05, 0) is 56.7 Å². The van der Waals surface area contributed by atoms with Crippen LogP contribution in [0.15, 0.2) is 18.2 Å². The zero-order valence-electron chi connectivity index (χ0n) is 15.1. The average molecular weight is 294 g/mol. The topological polar surface area (TPSA) is 18.5 Å². The predicted molar refractivity (Wildman–Crippen MR) is 92.4 cm³/mol. The molecule has 0 aliphatic heterocycles. The van der Waals surface area contributed by atoms with E-state index < -0.39 is 0 Å². The van der Waals surface area contributed by atoms with E-state index in [0.29, 0.717) is 0 Å². The lowest BCUT2D eigenvalue weighted by Crippen LogP contribution is -2.21. The molecular formula is C19H34O2. The molecular weight excluding hydrogens is 260 g/mol. The largest absolute Gasteiger partial charge is 0.496 e. The summed E-state index contributed by atoms with van der Waals surface area (Å²) >= 11 is 0. The first-order valence-electron chi connectivity index (χ1n) is 8.23. The van der Waals surface area contributed by atoms with E-state index in [0.717, 1.165) is 25.0 Å². The predicted octanol–water partition coefficient (Wildman–Crippen LogP) is 5.42. The molecule has 1 aromatic rings. The summed E-state index contributed by atoms with van der Waals surface area (Å²) in [6.45, 7) is 10.5. The van der Waals surface area contributed by atoms with Crippen LogP contribution < -0.4 is 4.74 Å². The highest BCUT2D eigenvalue weighted by atomic mass is 16.5. The fourth-order valence-electron chi connectivity index (χ4n) is 2.22. The summed E-state index contributed by atoms with van der Waals surface area (Å²) in [6, 6.07) is 6.52. The van der Waals surface area contributed by atoms with Gasteiger partial charge in [-0.3, -0.25) is 0 Å². The van der Waals surface area contributed by atoms with Gasteiger partial charge in [0.25, 0.3) is 0 Å². The average Bonchev–Trinajstić information content (AvgIpc) is 2.53. The van der Waals surface area contributed by atoms with Crippen LogP contribution in [-0.2, 0) is 17.6 Å². The Morgan fingerprint density at radius 3 is 2.24 bits per heavy atom. The zero-order chi connectivity index (χ0) is 16.3. The van der Waals surface area contributed by atoms with Gasteiger partial charge in [-0.2, -0.15) is 0 Å². The number of hydrogen-bond acceptors (Lipinski definition) is 2. The standard InChI is InChI=1S/C17H28O2.C2H6/c1-6-14-10-11-16(18-4)15(13-14)9-7-8-12-17(2,3)19-5;1-2/h10-11,13H,6-9,12H2,1-5H3;1-2H3. The number of unbranched alkanes of at least 4 members (excludes halogenated alkanes) is 1. The van der Waals surface area contributed by atoms with Gasteiger partial charge in [0.2, 0.25) is 0 Å². The molecule has 0 spiro atoms. The van der Waals surface area contributed by atoms with Crippen molar-refractivity contribution in [3.8, 4) is 5.75 Å². The minimum atomic E-state index is -0.00461. The zero-order valence-corrected chi connectivity index (χ0v) is 15.1. The van der Waals surface area contributed by atoms with Crippen molar-refractivity contribution in [1.82, 2.24) is 0 Å². The molecule has 2 nitrogen and oxygen atoms in total. The highest BCUT2D eigenvalue weighted by Crippen LogP contribution is 2.24. The Kier molecular flexibility index (Phi) is 10.2. The summed E-state index contributed by atoms with van der Waals surface area (Å²) in [5, 5.41) is 0. The molecule has 0 amide bonds. The number of ether oxygens (including phenoxy) is 2. The van der Waals surface area contributed by atoms with Gasteiger partial charge in [0.05, 0.1) is 12.7 Å². The monoisotopic (exact) mass is 294 g/mol. The van der Waals surface area contributed by atoms with E-state index in [9.17, 15) is 0 Å². The highest BCUT2D eigenvalue weighted by molar-refractivity contribution is 5.37. The molecule has 0 N–H and O–H groups in total. The summed E-state index contributed by atoms with van der Waals surface area (Å²) < 4.78 is 10.9. The SMILES string of the molecule is CC.CCc1ccc(OC)c(CCCCC(C)(C)OC)c1. The molecule has 0 saturated heterocycles. The Labute approximate surface area is 131 Å². The molecule has 0 aliphatic carbocycles. The Bertz CT molecular complexity index is 383. The minimum absolute atomic E-state index is 0.00461. The third-order valence-electron chi connectivity index (χ3n) is 3.78. The summed E-state index contributed by atoms with van der Waals surface area (Å²) in [5.41, 5.74) is 2.71. The molecule has 1 aromatic carbocycles. The molecule has 0 atom stereocenters. The molecule has 2 heteroatoms. The van der Waals surface area contributed by atoms with Gasteiger partial charge >= 0.3 is 0 Å². The van der Waals surface area contributed by atoms with Crippen LogP contribution in [0.4, 0.5) is 0 Å². The third-order valence-corrected chi connectivity index (χ3v) is 3.78. The Morgan fingerprint density at radius 2 is 1.71 bits per heavy atom. The van der Waals surface area contributed by atoms with E-state index in [1.165, 1.54) is 24.0 Å². The fourth-order valence-corrected chi connectivity index (χ4v) is 2.22. The molecule has 0 saturated carbocycles. The number of benzene rings is 1. The minimum Gasteiger partial charge on any atom is -0.496 e. The number of methoxy groups -OCH3 is 2. The van der Waals surface area contributed by atoms with Crippen molar-refractivity contribution in [1.29, 1.82) is 0 Å². The van der Waals surface area contributed by atoms with E-state index in [-0.39, 0.29) is 5.60 Å². The van der Waals surface area contributed by atoms with Gasteiger partial charge in [-0.25, -0.2) is 0 Å². The maximum atomic E-state index is 5.45. The van der Waals surface area contributed by atoms with Gasteiger partial charge in [-0.1, -0.05) is 39.3 Å². The Balaban J connectivity index is 0.00000191. The molecule has 0 bridgehead atoms. The van der Waals surface area contributed by atoms with Gasteiger partial charge in [0, 0.05) is 7.11 Å². The third kappa shape index (κ3) is 7.52. The van der Waals surface area contributed by atoms with Crippen molar-refractivity contribution >= 4 is 0 Å². The van der Waals surface area contributed by atoms with Crippen LogP contribution in [0.1, 0.15) is 65.0 Å². The van der Waals surface area contributed by atoms with Crippen LogP contribution in [0.5, 0.6) is 5.75 Å². The summed E-state index contributed by atoms with van der Waals surface area (Å²) in [6.07, 6.45) is 5.61. The Morgan fingerprint density at radius 1 is 1.05 bits per heavy atom. The molecule has 122 valence electrons. The van der Waals surface area contributed by atoms with Crippen LogP contribution in [0.25, 0.3) is 0 Å². The lowest BCUT2D eigenvalue weighted by Gasteiger charge is -2.22. The maximum Gasteiger partial charge on any atom is 0.122 e. The molecule has 21 heavy (non-hydrogen) atoms. The second-order valence-corrected chi connectivity index (χ2v) is 5.67. The highest BCUT2D eigenvalue weighted by Gasteiger charge is 2.15. The van der Waals surface area contributed by atoms with Crippen LogP contribution >= 0.6 is 0 Å². The van der Waals surface area contributed by atoms with E-state index in [1.54, 1.807) is 14.2 Å². The quantitative estimate of drug-likeness (QED) is 0.596. The van der Waals surface area contributed by atoms with Crippen LogP contribution in [0.2, 0.25) is 0 Å². The molecule has 0 heterocycles. The normalized spacial score (nSPS) is 10.8. The second kappa shape index (κ2) is 10.7. The van der Waals surface area contributed by atoms with Crippen LogP contribution in [-0.4, -0.2) is 19.8 Å². The van der Waals surface area contributed by atoms with Crippen LogP contribution in [0, 0.1) is 0 Å². The Hall–Kier alpha value is -1.02. The number of rotatable bonds is 8. The van der Waals surface area contributed by atoms with E-state index in [1.807, 2.05) is 13.8 Å². The van der Waals surface area contributed by atoms with Gasteiger partial charge in [0.15, 0.2) is 0 Å². The summed E-state index contributed by atoms with van der Waals surface area (Å²) in [5.74, 6) is 1.02. The van der Waals surface area contributed by atoms with Gasteiger partial charge < -0.3 is 9.47 Å². The molecule has 1 rings (SSSR count). The first kappa shape index (κ1) is 20.0. The lowest BCUT2D eigenvalue weighted by atomic mass is 9.97. The van der Waals surface area contributed by atoms with Crippen molar-refractivity contribution in [3.63, 3.8) is 0 Å². The molecule has 0 radical (unpaired) electrons. The van der Waals surface area contributed by atoms with Crippen LogP contribution in [0.3, 0.4) is 0 Å². The first-order chi connectivity index (χ1) is 10.0.